The minimum atomic E-state index is -0.957. The number of benzene rings is 2. The van der Waals surface area contributed by atoms with Crippen molar-refractivity contribution in [2.75, 3.05) is 6.61 Å². The number of hydrogen-bond acceptors (Lipinski definition) is 5. The van der Waals surface area contributed by atoms with E-state index in [0.717, 1.165) is 16.2 Å². The maximum atomic E-state index is 12.7. The summed E-state index contributed by atoms with van der Waals surface area (Å²) in [4.78, 5) is 38.1. The highest BCUT2D eigenvalue weighted by atomic mass is 16.5. The topological polar surface area (TPSA) is 95.9 Å². The first kappa shape index (κ1) is 21.5. The number of aryl methyl sites for hydroxylation is 1. The van der Waals surface area contributed by atoms with Crippen molar-refractivity contribution in [3.63, 3.8) is 0 Å². The fourth-order valence-corrected chi connectivity index (χ4v) is 3.57. The van der Waals surface area contributed by atoms with Crippen LogP contribution in [0.2, 0.25) is 0 Å². The first-order chi connectivity index (χ1) is 14.4. The molecule has 7 heteroatoms. The maximum Gasteiger partial charge on any atom is 0.325 e. The van der Waals surface area contributed by atoms with Crippen molar-refractivity contribution < 1.29 is 24.2 Å². The smallest absolute Gasteiger partial charge is 0.325 e. The number of amides is 3. The lowest BCUT2D eigenvalue weighted by molar-refractivity contribution is -0.137. The minimum Gasteiger partial charge on any atom is -0.457 e. The number of nitrogens with zero attached hydrogens (tertiary/aromatic N) is 1. The van der Waals surface area contributed by atoms with Gasteiger partial charge in [-0.2, -0.15) is 0 Å². The molecule has 7 nitrogen and oxygen atoms in total. The monoisotopic (exact) mass is 410 g/mol. The van der Waals surface area contributed by atoms with E-state index in [4.69, 9.17) is 4.74 Å². The van der Waals surface area contributed by atoms with E-state index in [-0.39, 0.29) is 5.92 Å². The number of carbonyl (C=O) groups excluding carboxylic acids is 3. The first-order valence-corrected chi connectivity index (χ1v) is 9.99. The highest BCUT2D eigenvalue weighted by Gasteiger charge is 2.45. The van der Waals surface area contributed by atoms with Gasteiger partial charge in [-0.05, 0) is 48.6 Å². The molecule has 0 radical (unpaired) electrons. The molecule has 3 amide bonds. The molecule has 0 aromatic heterocycles. The standard InChI is InChI=1S/C23H26N2O5/c1-15(2)21(20(27)14-26)25-22(28)19(24-23(25)29)13-10-16-8-11-18(12-9-16)30-17-6-4-3-5-7-17/h3-9,11-12,15,19,21,26H,10,13-14H2,1-2H3,(H,24,29)/t19-,21+/m0/s1. The third-order valence-corrected chi connectivity index (χ3v) is 5.07. The molecular formula is C23H26N2O5. The molecule has 1 aliphatic heterocycles. The minimum absolute atomic E-state index is 0.282. The van der Waals surface area contributed by atoms with Crippen LogP contribution in [0.4, 0.5) is 4.79 Å². The van der Waals surface area contributed by atoms with Gasteiger partial charge in [-0.15, -0.1) is 0 Å². The van der Waals surface area contributed by atoms with Crippen molar-refractivity contribution in [3.8, 4) is 11.5 Å². The SMILES string of the molecule is CC(C)[C@H](C(=O)CO)N1C(=O)N[C@@H](CCc2ccc(Oc3ccccc3)cc2)C1=O. The molecule has 1 heterocycles. The number of para-hydroxylation sites is 1. The van der Waals surface area contributed by atoms with Gasteiger partial charge >= 0.3 is 6.03 Å². The zero-order valence-electron chi connectivity index (χ0n) is 17.1. The molecule has 2 atom stereocenters. The van der Waals surface area contributed by atoms with Gasteiger partial charge in [0.05, 0.1) is 0 Å². The fourth-order valence-electron chi connectivity index (χ4n) is 3.57. The van der Waals surface area contributed by atoms with E-state index in [2.05, 4.69) is 5.32 Å². The van der Waals surface area contributed by atoms with Gasteiger partial charge in [0.1, 0.15) is 30.2 Å². The van der Waals surface area contributed by atoms with E-state index in [1.807, 2.05) is 54.6 Å². The predicted molar refractivity (Wildman–Crippen MR) is 111 cm³/mol. The molecule has 1 fully saturated rings. The molecule has 2 N–H and O–H groups in total. The summed E-state index contributed by atoms with van der Waals surface area (Å²) in [6.45, 7) is 2.78. The van der Waals surface area contributed by atoms with Crippen LogP contribution >= 0.6 is 0 Å². The Kier molecular flexibility index (Phi) is 6.84. The Bertz CT molecular complexity index is 896. The zero-order chi connectivity index (χ0) is 21.7. The second kappa shape index (κ2) is 9.54. The summed E-state index contributed by atoms with van der Waals surface area (Å²) in [5.41, 5.74) is 1.00. The number of imide groups is 1. The van der Waals surface area contributed by atoms with Crippen LogP contribution in [0.15, 0.2) is 54.6 Å². The van der Waals surface area contributed by atoms with Crippen LogP contribution in [0.5, 0.6) is 11.5 Å². The molecule has 0 saturated carbocycles. The maximum absolute atomic E-state index is 12.7. The van der Waals surface area contributed by atoms with Gasteiger partial charge in [-0.1, -0.05) is 44.2 Å². The molecule has 2 aromatic carbocycles. The highest BCUT2D eigenvalue weighted by Crippen LogP contribution is 2.23. The van der Waals surface area contributed by atoms with Crippen LogP contribution in [0.3, 0.4) is 0 Å². The number of aliphatic hydroxyl groups is 1. The third kappa shape index (κ3) is 4.86. The van der Waals surface area contributed by atoms with Gasteiger partial charge in [-0.3, -0.25) is 14.5 Å². The highest BCUT2D eigenvalue weighted by molar-refractivity contribution is 6.07. The van der Waals surface area contributed by atoms with Gasteiger partial charge in [0.25, 0.3) is 5.91 Å². The lowest BCUT2D eigenvalue weighted by Crippen LogP contribution is -2.49. The molecule has 30 heavy (non-hydrogen) atoms. The Morgan fingerprint density at radius 2 is 1.70 bits per heavy atom. The van der Waals surface area contributed by atoms with Crippen molar-refractivity contribution in [1.82, 2.24) is 10.2 Å². The van der Waals surface area contributed by atoms with Crippen molar-refractivity contribution in [1.29, 1.82) is 0 Å². The van der Waals surface area contributed by atoms with Crippen molar-refractivity contribution in [2.45, 2.75) is 38.8 Å². The summed E-state index contributed by atoms with van der Waals surface area (Å²) < 4.78 is 5.77. The van der Waals surface area contributed by atoms with Crippen molar-refractivity contribution in [2.24, 2.45) is 5.92 Å². The van der Waals surface area contributed by atoms with Crippen LogP contribution in [-0.2, 0) is 16.0 Å². The summed E-state index contributed by atoms with van der Waals surface area (Å²) in [6.07, 6.45) is 0.995. The lowest BCUT2D eigenvalue weighted by atomic mass is 9.98. The van der Waals surface area contributed by atoms with Gasteiger partial charge in [-0.25, -0.2) is 4.79 Å². The van der Waals surface area contributed by atoms with Crippen LogP contribution in [0.1, 0.15) is 25.8 Å². The summed E-state index contributed by atoms with van der Waals surface area (Å²) in [6, 6.07) is 14.8. The average Bonchev–Trinajstić information content (AvgIpc) is 3.02. The summed E-state index contributed by atoms with van der Waals surface area (Å²) >= 11 is 0. The number of Topliss-reactive ketones (excluding diaryl/α,β-unsaturated/α-hetero) is 1. The Labute approximate surface area is 175 Å². The third-order valence-electron chi connectivity index (χ3n) is 5.07. The van der Waals surface area contributed by atoms with E-state index in [1.165, 1.54) is 0 Å². The number of urea groups is 1. The number of aliphatic hydroxyl groups excluding tert-OH is 1. The molecule has 0 bridgehead atoms. The molecule has 2 aromatic rings. The number of rotatable bonds is 9. The first-order valence-electron chi connectivity index (χ1n) is 9.99. The molecule has 3 rings (SSSR count). The quantitative estimate of drug-likeness (QED) is 0.620. The van der Waals surface area contributed by atoms with Crippen LogP contribution in [0.25, 0.3) is 0 Å². The Morgan fingerprint density at radius 1 is 1.07 bits per heavy atom. The Balaban J connectivity index is 1.60. The summed E-state index contributed by atoms with van der Waals surface area (Å²) in [7, 11) is 0. The summed E-state index contributed by atoms with van der Waals surface area (Å²) in [5.74, 6) is 0.216. The van der Waals surface area contributed by atoms with Crippen LogP contribution in [-0.4, -0.2) is 46.4 Å². The van der Waals surface area contributed by atoms with Gasteiger partial charge in [0.15, 0.2) is 5.78 Å². The second-order valence-electron chi connectivity index (χ2n) is 7.62. The number of carbonyl (C=O) groups is 3. The van der Waals surface area contributed by atoms with Gasteiger partial charge in [0.2, 0.25) is 0 Å². The van der Waals surface area contributed by atoms with Gasteiger partial charge in [0, 0.05) is 0 Å². The average molecular weight is 410 g/mol. The summed E-state index contributed by atoms with van der Waals surface area (Å²) in [5, 5.41) is 11.9. The second-order valence-corrected chi connectivity index (χ2v) is 7.62. The van der Waals surface area contributed by atoms with Gasteiger partial charge < -0.3 is 15.2 Å². The number of ether oxygens (including phenoxy) is 1. The van der Waals surface area contributed by atoms with Crippen LogP contribution < -0.4 is 10.1 Å². The Hall–Kier alpha value is -3.19. The van der Waals surface area contributed by atoms with E-state index in [9.17, 15) is 19.5 Å². The lowest BCUT2D eigenvalue weighted by Gasteiger charge is -2.26. The molecule has 0 aliphatic carbocycles. The molecular weight excluding hydrogens is 384 g/mol. The molecule has 158 valence electrons. The van der Waals surface area contributed by atoms with E-state index >= 15 is 0 Å². The Morgan fingerprint density at radius 3 is 2.30 bits per heavy atom. The molecule has 0 spiro atoms. The zero-order valence-corrected chi connectivity index (χ0v) is 17.1. The largest absolute Gasteiger partial charge is 0.457 e. The number of hydrogen-bond donors (Lipinski definition) is 2. The van der Waals surface area contributed by atoms with E-state index in [0.29, 0.717) is 18.6 Å². The number of ketones is 1. The molecule has 0 unspecified atom stereocenters. The molecule has 1 aliphatic rings. The number of nitrogens with one attached hydrogen (secondary N) is 1. The fraction of sp³-hybridized carbons (Fsp3) is 0.348. The van der Waals surface area contributed by atoms with E-state index in [1.54, 1.807) is 13.8 Å². The van der Waals surface area contributed by atoms with Crippen LogP contribution in [0, 0.1) is 5.92 Å². The van der Waals surface area contributed by atoms with E-state index < -0.39 is 36.4 Å². The van der Waals surface area contributed by atoms with Crippen molar-refractivity contribution >= 4 is 17.7 Å². The van der Waals surface area contributed by atoms with Crippen molar-refractivity contribution in [3.05, 3.63) is 60.2 Å². The predicted octanol–water partition coefficient (Wildman–Crippen LogP) is 2.92. The normalized spacial score (nSPS) is 17.2. The molecule has 1 saturated heterocycles.